The van der Waals surface area contributed by atoms with Gasteiger partial charge in [0.05, 0.1) is 43.4 Å². The molecule has 3 N–H and O–H groups in total. The van der Waals surface area contributed by atoms with Crippen LogP contribution in [-0.2, 0) is 0 Å². The smallest absolute Gasteiger partial charge is 0.146 e. The summed E-state index contributed by atoms with van der Waals surface area (Å²) < 4.78 is 35.1. The van der Waals surface area contributed by atoms with Crippen molar-refractivity contribution in [3.05, 3.63) is 54.6 Å². The third-order valence-corrected chi connectivity index (χ3v) is 6.54. The van der Waals surface area contributed by atoms with Gasteiger partial charge in [-0.05, 0) is 36.4 Å². The van der Waals surface area contributed by atoms with E-state index in [1.54, 1.807) is 7.11 Å². The maximum Gasteiger partial charge on any atom is 0.146 e. The van der Waals surface area contributed by atoms with E-state index in [1.807, 2.05) is 54.6 Å². The summed E-state index contributed by atoms with van der Waals surface area (Å²) in [7, 11) is 1.65. The van der Waals surface area contributed by atoms with Crippen LogP contribution in [0.1, 0.15) is 6.42 Å². The first-order chi connectivity index (χ1) is 18.2. The van der Waals surface area contributed by atoms with E-state index in [0.717, 1.165) is 71.1 Å². The zero-order chi connectivity index (χ0) is 25.0. The van der Waals surface area contributed by atoms with Crippen LogP contribution in [0.3, 0.4) is 0 Å². The number of ether oxygens (including phenoxy) is 6. The summed E-state index contributed by atoms with van der Waals surface area (Å²) in [6.07, 6.45) is 0.776. The van der Waals surface area contributed by atoms with Crippen molar-refractivity contribution < 1.29 is 28.4 Å². The Morgan fingerprint density at radius 1 is 0.811 bits per heavy atom. The van der Waals surface area contributed by atoms with Crippen molar-refractivity contribution >= 4 is 17.1 Å². The average Bonchev–Trinajstić information content (AvgIpc) is 2.95. The zero-order valence-electron chi connectivity index (χ0n) is 20.8. The minimum Gasteiger partial charge on any atom is -0.497 e. The second-order valence-corrected chi connectivity index (χ2v) is 9.17. The van der Waals surface area contributed by atoms with E-state index in [-0.39, 0.29) is 12.1 Å². The van der Waals surface area contributed by atoms with Gasteiger partial charge in [-0.3, -0.25) is 0 Å². The second kappa shape index (κ2) is 10.5. The number of hydrogen-bond acceptors (Lipinski definition) is 9. The highest BCUT2D eigenvalue weighted by atomic mass is 16.5. The lowest BCUT2D eigenvalue weighted by Gasteiger charge is -2.28. The van der Waals surface area contributed by atoms with Crippen LogP contribution in [0.25, 0.3) is 0 Å². The summed E-state index contributed by atoms with van der Waals surface area (Å²) in [5.74, 6) is 4.79. The molecule has 3 aliphatic rings. The Bertz CT molecular complexity index is 1250. The van der Waals surface area contributed by atoms with Crippen molar-refractivity contribution in [2.45, 2.75) is 18.6 Å². The van der Waals surface area contributed by atoms with Crippen molar-refractivity contribution in [1.82, 2.24) is 0 Å². The number of benzene rings is 3. The molecular formula is C28H31N3O6. The molecule has 9 heteroatoms. The van der Waals surface area contributed by atoms with Gasteiger partial charge in [-0.1, -0.05) is 0 Å². The van der Waals surface area contributed by atoms with Crippen LogP contribution < -0.4 is 44.4 Å². The molecule has 0 radical (unpaired) electrons. The molecule has 2 unspecified atom stereocenters. The van der Waals surface area contributed by atoms with E-state index in [9.17, 15) is 0 Å². The molecule has 0 amide bonds. The first-order valence-electron chi connectivity index (χ1n) is 12.6. The van der Waals surface area contributed by atoms with Gasteiger partial charge in [0.1, 0.15) is 60.4 Å². The maximum atomic E-state index is 6.12. The van der Waals surface area contributed by atoms with Crippen LogP contribution in [0.2, 0.25) is 0 Å². The third-order valence-electron chi connectivity index (χ3n) is 6.54. The predicted octanol–water partition coefficient (Wildman–Crippen LogP) is 4.39. The Balaban J connectivity index is 0.976. The fraction of sp³-hybridized carbons (Fsp3) is 0.357. The number of anilines is 3. The van der Waals surface area contributed by atoms with Crippen molar-refractivity contribution in [3.8, 4) is 34.5 Å². The summed E-state index contributed by atoms with van der Waals surface area (Å²) in [5.41, 5.74) is 2.87. The van der Waals surface area contributed by atoms with E-state index in [0.29, 0.717) is 26.4 Å². The summed E-state index contributed by atoms with van der Waals surface area (Å²) in [6, 6.07) is 17.5. The normalized spacial score (nSPS) is 19.1. The molecule has 0 aliphatic carbocycles. The molecular weight excluding hydrogens is 474 g/mol. The number of fused-ring (bicyclic) bond motifs is 3. The molecule has 3 heterocycles. The van der Waals surface area contributed by atoms with Crippen LogP contribution in [0, 0.1) is 0 Å². The van der Waals surface area contributed by atoms with Crippen molar-refractivity contribution in [2.24, 2.45) is 0 Å². The molecule has 3 aromatic carbocycles. The Hall–Kier alpha value is -4.14. The molecule has 0 saturated carbocycles. The number of rotatable bonds is 8. The first-order valence-corrected chi connectivity index (χ1v) is 12.6. The van der Waals surface area contributed by atoms with Crippen LogP contribution >= 0.6 is 0 Å². The SMILES string of the molecule is COc1ccc2c(c1)OC(CCOc1ccc3c(c1)OCC(COc1ccc4c(c1)NCCO4)N3)CN2. The average molecular weight is 506 g/mol. The molecule has 37 heavy (non-hydrogen) atoms. The minimum absolute atomic E-state index is 0.0225. The quantitative estimate of drug-likeness (QED) is 0.412. The van der Waals surface area contributed by atoms with Crippen molar-refractivity contribution in [2.75, 3.05) is 62.6 Å². The summed E-state index contributed by atoms with van der Waals surface area (Å²) >= 11 is 0. The van der Waals surface area contributed by atoms with Crippen LogP contribution in [0.4, 0.5) is 17.1 Å². The van der Waals surface area contributed by atoms with E-state index >= 15 is 0 Å². The highest BCUT2D eigenvalue weighted by Crippen LogP contribution is 2.35. The highest BCUT2D eigenvalue weighted by molar-refractivity contribution is 5.62. The fourth-order valence-electron chi connectivity index (χ4n) is 4.57. The lowest BCUT2D eigenvalue weighted by Crippen LogP contribution is -2.36. The molecule has 6 rings (SSSR count). The van der Waals surface area contributed by atoms with Crippen LogP contribution in [-0.4, -0.2) is 58.8 Å². The first kappa shape index (κ1) is 23.3. The molecule has 2 atom stereocenters. The standard InChI is InChI=1S/C28H31N3O6/c1-32-19-2-5-23-28(13-19)37-22(15-30-23)8-10-33-21-3-6-24-27(14-21)36-17-18(31-24)16-35-20-4-7-26-25(12-20)29-9-11-34-26/h2-7,12-14,18,22,29-31H,8-11,15-17H2,1H3. The summed E-state index contributed by atoms with van der Waals surface area (Å²) in [4.78, 5) is 0. The third kappa shape index (κ3) is 5.35. The highest BCUT2D eigenvalue weighted by Gasteiger charge is 2.22. The molecule has 0 bridgehead atoms. The van der Waals surface area contributed by atoms with Crippen LogP contribution in [0.5, 0.6) is 34.5 Å². The lowest BCUT2D eigenvalue weighted by atomic mass is 10.2. The van der Waals surface area contributed by atoms with Gasteiger partial charge in [-0.15, -0.1) is 0 Å². The minimum atomic E-state index is 0.0225. The van der Waals surface area contributed by atoms with Gasteiger partial charge in [-0.25, -0.2) is 0 Å². The van der Waals surface area contributed by atoms with Gasteiger partial charge >= 0.3 is 0 Å². The Morgan fingerprint density at radius 2 is 1.65 bits per heavy atom. The van der Waals surface area contributed by atoms with E-state index < -0.39 is 0 Å². The van der Waals surface area contributed by atoms with E-state index in [2.05, 4.69) is 16.0 Å². The largest absolute Gasteiger partial charge is 0.497 e. The molecule has 194 valence electrons. The molecule has 9 nitrogen and oxygen atoms in total. The summed E-state index contributed by atoms with van der Waals surface area (Å²) in [6.45, 7) is 3.75. The van der Waals surface area contributed by atoms with Gasteiger partial charge in [0.15, 0.2) is 0 Å². The van der Waals surface area contributed by atoms with Crippen molar-refractivity contribution in [3.63, 3.8) is 0 Å². The van der Waals surface area contributed by atoms with Crippen LogP contribution in [0.15, 0.2) is 54.6 Å². The number of hydrogen-bond donors (Lipinski definition) is 3. The second-order valence-electron chi connectivity index (χ2n) is 9.17. The molecule has 0 saturated heterocycles. The predicted molar refractivity (Wildman–Crippen MR) is 141 cm³/mol. The zero-order valence-corrected chi connectivity index (χ0v) is 20.8. The summed E-state index contributed by atoms with van der Waals surface area (Å²) in [5, 5.41) is 10.2. The maximum absolute atomic E-state index is 6.12. The molecule has 3 aliphatic heterocycles. The molecule has 0 spiro atoms. The van der Waals surface area contributed by atoms with E-state index in [4.69, 9.17) is 28.4 Å². The monoisotopic (exact) mass is 505 g/mol. The Kier molecular flexibility index (Phi) is 6.58. The molecule has 0 aromatic heterocycles. The fourth-order valence-corrected chi connectivity index (χ4v) is 4.57. The van der Waals surface area contributed by atoms with Gasteiger partial charge in [-0.2, -0.15) is 0 Å². The van der Waals surface area contributed by atoms with E-state index in [1.165, 1.54) is 0 Å². The molecule has 0 fully saturated rings. The number of methoxy groups -OCH3 is 1. The van der Waals surface area contributed by atoms with Gasteiger partial charge in [0, 0.05) is 31.2 Å². The number of nitrogens with one attached hydrogen (secondary N) is 3. The lowest BCUT2D eigenvalue weighted by molar-refractivity contribution is 0.164. The van der Waals surface area contributed by atoms with Gasteiger partial charge < -0.3 is 44.4 Å². The van der Waals surface area contributed by atoms with Gasteiger partial charge in [0.2, 0.25) is 0 Å². The van der Waals surface area contributed by atoms with Crippen molar-refractivity contribution in [1.29, 1.82) is 0 Å². The Labute approximate surface area is 216 Å². The topological polar surface area (TPSA) is 91.5 Å². The Morgan fingerprint density at radius 3 is 2.59 bits per heavy atom. The van der Waals surface area contributed by atoms with Gasteiger partial charge in [0.25, 0.3) is 0 Å². The molecule has 3 aromatic rings.